The maximum Gasteiger partial charge on any atom is 0.226 e. The molecule has 0 bridgehead atoms. The van der Waals surface area contributed by atoms with Crippen molar-refractivity contribution in [2.45, 2.75) is 37.4 Å². The van der Waals surface area contributed by atoms with Crippen molar-refractivity contribution in [3.05, 3.63) is 0 Å². The van der Waals surface area contributed by atoms with E-state index in [1.165, 1.54) is 19.3 Å². The van der Waals surface area contributed by atoms with Crippen molar-refractivity contribution in [1.29, 1.82) is 0 Å². The summed E-state index contributed by atoms with van der Waals surface area (Å²) in [6, 6.07) is 0. The highest BCUT2D eigenvalue weighted by molar-refractivity contribution is 9.09. The quantitative estimate of drug-likeness (QED) is 0.679. The van der Waals surface area contributed by atoms with Crippen molar-refractivity contribution < 1.29 is 4.79 Å². The van der Waals surface area contributed by atoms with Gasteiger partial charge in [-0.05, 0) is 37.0 Å². The van der Waals surface area contributed by atoms with E-state index < -0.39 is 0 Å². The first-order chi connectivity index (χ1) is 7.68. The topological polar surface area (TPSA) is 20.3 Å². The SMILES string of the molecule is CC1CN(C(=O)C2C3CCCC32)CCC1Br. The molecule has 0 aromatic heterocycles. The number of fused-ring (bicyclic) bond motifs is 1. The van der Waals surface area contributed by atoms with Gasteiger partial charge in [0.2, 0.25) is 5.91 Å². The molecule has 1 heterocycles. The van der Waals surface area contributed by atoms with Gasteiger partial charge in [-0.25, -0.2) is 0 Å². The minimum absolute atomic E-state index is 0.424. The Morgan fingerprint density at radius 2 is 1.94 bits per heavy atom. The van der Waals surface area contributed by atoms with E-state index in [9.17, 15) is 4.79 Å². The number of amides is 1. The van der Waals surface area contributed by atoms with Crippen molar-refractivity contribution in [2.75, 3.05) is 13.1 Å². The highest BCUT2D eigenvalue weighted by Crippen LogP contribution is 2.58. The summed E-state index contributed by atoms with van der Waals surface area (Å²) in [7, 11) is 0. The summed E-state index contributed by atoms with van der Waals surface area (Å²) in [6.07, 6.45) is 5.10. The molecular formula is C13H20BrNO. The van der Waals surface area contributed by atoms with Crippen LogP contribution in [0.15, 0.2) is 0 Å². The molecule has 16 heavy (non-hydrogen) atoms. The molecule has 90 valence electrons. The Morgan fingerprint density at radius 3 is 2.56 bits per heavy atom. The summed E-state index contributed by atoms with van der Waals surface area (Å²) < 4.78 is 0. The summed E-state index contributed by atoms with van der Waals surface area (Å²) in [5, 5.41) is 0. The van der Waals surface area contributed by atoms with Crippen LogP contribution in [0.2, 0.25) is 0 Å². The average Bonchev–Trinajstić information content (AvgIpc) is 2.74. The van der Waals surface area contributed by atoms with E-state index >= 15 is 0 Å². The van der Waals surface area contributed by atoms with E-state index in [-0.39, 0.29) is 0 Å². The molecule has 1 amide bonds. The highest BCUT2D eigenvalue weighted by Gasteiger charge is 2.57. The molecule has 3 heteroatoms. The van der Waals surface area contributed by atoms with Crippen LogP contribution in [0, 0.1) is 23.7 Å². The van der Waals surface area contributed by atoms with Crippen molar-refractivity contribution in [1.82, 2.24) is 4.90 Å². The van der Waals surface area contributed by atoms with E-state index in [2.05, 4.69) is 27.8 Å². The van der Waals surface area contributed by atoms with E-state index in [0.717, 1.165) is 31.3 Å². The van der Waals surface area contributed by atoms with Crippen LogP contribution in [-0.2, 0) is 4.79 Å². The second-order valence-corrected chi connectivity index (χ2v) is 7.03. The minimum Gasteiger partial charge on any atom is -0.342 e. The van der Waals surface area contributed by atoms with Crippen LogP contribution in [0.1, 0.15) is 32.6 Å². The molecule has 0 aromatic carbocycles. The Balaban J connectivity index is 1.60. The number of likely N-dealkylation sites (tertiary alicyclic amines) is 1. The number of carbonyl (C=O) groups excluding carboxylic acids is 1. The Morgan fingerprint density at radius 1 is 1.25 bits per heavy atom. The molecule has 3 fully saturated rings. The van der Waals surface area contributed by atoms with Crippen LogP contribution >= 0.6 is 15.9 Å². The lowest BCUT2D eigenvalue weighted by Gasteiger charge is -2.34. The number of rotatable bonds is 1. The second kappa shape index (κ2) is 4.01. The normalized spacial score (nSPS) is 46.6. The molecule has 3 rings (SSSR count). The van der Waals surface area contributed by atoms with Crippen LogP contribution in [0.3, 0.4) is 0 Å². The first kappa shape index (κ1) is 11.1. The number of carbonyl (C=O) groups is 1. The van der Waals surface area contributed by atoms with Gasteiger partial charge < -0.3 is 4.90 Å². The van der Waals surface area contributed by atoms with Crippen molar-refractivity contribution in [3.63, 3.8) is 0 Å². The maximum absolute atomic E-state index is 12.3. The van der Waals surface area contributed by atoms with E-state index in [1.807, 2.05) is 0 Å². The lowest BCUT2D eigenvalue weighted by Crippen LogP contribution is -2.44. The third-order valence-corrected chi connectivity index (χ3v) is 6.16. The van der Waals surface area contributed by atoms with Gasteiger partial charge in [0, 0.05) is 23.8 Å². The molecule has 2 nitrogen and oxygen atoms in total. The molecule has 3 aliphatic rings. The Bertz CT molecular complexity index is 296. The lowest BCUT2D eigenvalue weighted by atomic mass is 9.99. The van der Waals surface area contributed by atoms with Crippen molar-refractivity contribution >= 4 is 21.8 Å². The molecule has 4 atom stereocenters. The fourth-order valence-corrected chi connectivity index (χ4v) is 4.09. The van der Waals surface area contributed by atoms with Gasteiger partial charge in [-0.3, -0.25) is 4.79 Å². The van der Waals surface area contributed by atoms with Crippen LogP contribution in [-0.4, -0.2) is 28.7 Å². The largest absolute Gasteiger partial charge is 0.342 e. The highest BCUT2D eigenvalue weighted by atomic mass is 79.9. The predicted octanol–water partition coefficient (Wildman–Crippen LogP) is 2.66. The molecule has 2 saturated carbocycles. The van der Waals surface area contributed by atoms with Crippen LogP contribution < -0.4 is 0 Å². The number of nitrogens with zero attached hydrogens (tertiary/aromatic N) is 1. The van der Waals surface area contributed by atoms with Gasteiger partial charge in [0.25, 0.3) is 0 Å². The van der Waals surface area contributed by atoms with Gasteiger partial charge in [0.05, 0.1) is 0 Å². The molecule has 2 aliphatic carbocycles. The first-order valence-corrected chi connectivity index (χ1v) is 7.53. The number of halogens is 1. The number of alkyl halides is 1. The standard InChI is InChI=1S/C13H20BrNO/c1-8-7-15(6-5-11(8)14)13(16)12-9-3-2-4-10(9)12/h8-12H,2-7H2,1H3. The van der Waals surface area contributed by atoms with E-state index in [1.54, 1.807) is 0 Å². The maximum atomic E-state index is 12.3. The van der Waals surface area contributed by atoms with Gasteiger partial charge >= 0.3 is 0 Å². The van der Waals surface area contributed by atoms with Crippen LogP contribution in [0.25, 0.3) is 0 Å². The van der Waals surface area contributed by atoms with Gasteiger partial charge in [-0.1, -0.05) is 29.3 Å². The van der Waals surface area contributed by atoms with Gasteiger partial charge in [-0.15, -0.1) is 0 Å². The molecule has 0 spiro atoms. The van der Waals surface area contributed by atoms with Gasteiger partial charge in [-0.2, -0.15) is 0 Å². The molecule has 0 aromatic rings. The number of hydrogen-bond donors (Lipinski definition) is 0. The zero-order chi connectivity index (χ0) is 11.3. The fraction of sp³-hybridized carbons (Fsp3) is 0.923. The Hall–Kier alpha value is -0.0500. The molecule has 0 radical (unpaired) electrons. The van der Waals surface area contributed by atoms with E-state index in [4.69, 9.17) is 0 Å². The summed E-state index contributed by atoms with van der Waals surface area (Å²) in [5.41, 5.74) is 0. The first-order valence-electron chi connectivity index (χ1n) is 6.61. The summed E-state index contributed by atoms with van der Waals surface area (Å²) >= 11 is 3.69. The second-order valence-electron chi connectivity index (χ2n) is 5.85. The van der Waals surface area contributed by atoms with Crippen molar-refractivity contribution in [2.24, 2.45) is 23.7 Å². The van der Waals surface area contributed by atoms with Crippen LogP contribution in [0.5, 0.6) is 0 Å². The van der Waals surface area contributed by atoms with Crippen LogP contribution in [0.4, 0.5) is 0 Å². The fourth-order valence-electron chi connectivity index (χ4n) is 3.72. The molecular weight excluding hydrogens is 266 g/mol. The molecule has 4 unspecified atom stereocenters. The summed E-state index contributed by atoms with van der Waals surface area (Å²) in [4.78, 5) is 15.1. The summed E-state index contributed by atoms with van der Waals surface area (Å²) in [5.74, 6) is 3.04. The smallest absolute Gasteiger partial charge is 0.226 e. The average molecular weight is 286 g/mol. The summed E-state index contributed by atoms with van der Waals surface area (Å²) in [6.45, 7) is 4.17. The number of hydrogen-bond acceptors (Lipinski definition) is 1. The number of piperidine rings is 1. The van der Waals surface area contributed by atoms with Gasteiger partial charge in [0.15, 0.2) is 0 Å². The molecule has 0 N–H and O–H groups in total. The lowest BCUT2D eigenvalue weighted by molar-refractivity contribution is -0.135. The predicted molar refractivity (Wildman–Crippen MR) is 67.4 cm³/mol. The zero-order valence-corrected chi connectivity index (χ0v) is 11.4. The Labute approximate surface area is 106 Å². The zero-order valence-electron chi connectivity index (χ0n) is 9.86. The third-order valence-electron chi connectivity index (χ3n) is 4.80. The van der Waals surface area contributed by atoms with Crippen molar-refractivity contribution in [3.8, 4) is 0 Å². The third kappa shape index (κ3) is 1.71. The molecule has 1 aliphatic heterocycles. The monoisotopic (exact) mass is 285 g/mol. The van der Waals surface area contributed by atoms with E-state index in [0.29, 0.717) is 22.6 Å². The molecule has 1 saturated heterocycles. The van der Waals surface area contributed by atoms with Gasteiger partial charge in [0.1, 0.15) is 0 Å². The minimum atomic E-state index is 0.424. The Kier molecular flexibility index (Phi) is 2.77.